The summed E-state index contributed by atoms with van der Waals surface area (Å²) in [7, 11) is 0. The number of rotatable bonds is 10. The molecule has 4 saturated carbocycles. The number of ether oxygens (including phenoxy) is 2. The summed E-state index contributed by atoms with van der Waals surface area (Å²) in [4.78, 5) is 21.8. The third kappa shape index (κ3) is 7.33. The molecule has 4 aromatic rings. The van der Waals surface area contributed by atoms with Crippen LogP contribution in [0.25, 0.3) is 11.1 Å². The van der Waals surface area contributed by atoms with E-state index in [2.05, 4.69) is 76.1 Å². The number of thioether (sulfide) groups is 1. The third-order valence-electron chi connectivity index (χ3n) is 11.4. The van der Waals surface area contributed by atoms with Crippen LogP contribution >= 0.6 is 11.8 Å². The quantitative estimate of drug-likeness (QED) is 0.114. The van der Waals surface area contributed by atoms with Crippen LogP contribution in [0.1, 0.15) is 80.1 Å². The van der Waals surface area contributed by atoms with E-state index in [-0.39, 0.29) is 36.3 Å². The first-order valence-corrected chi connectivity index (χ1v) is 19.1. The second-order valence-electron chi connectivity index (χ2n) is 15.0. The number of nitrogens with one attached hydrogen (secondary N) is 2. The lowest BCUT2D eigenvalue weighted by Gasteiger charge is -2.56. The zero-order chi connectivity index (χ0) is 34.1. The molecule has 3 aromatic carbocycles. The molecule has 2 heterocycles. The van der Waals surface area contributed by atoms with Gasteiger partial charge < -0.3 is 25.2 Å². The van der Waals surface area contributed by atoms with Crippen LogP contribution in [0.15, 0.2) is 96.4 Å². The molecule has 1 aromatic heterocycles. The topological polar surface area (TPSA) is 106 Å². The Balaban J connectivity index is 0.934. The van der Waals surface area contributed by atoms with Gasteiger partial charge in [-0.3, -0.25) is 0 Å². The van der Waals surface area contributed by atoms with Gasteiger partial charge in [0.1, 0.15) is 0 Å². The minimum Gasteiger partial charge on any atom is -0.392 e. The Morgan fingerprint density at radius 2 is 1.52 bits per heavy atom. The van der Waals surface area contributed by atoms with Crippen molar-refractivity contribution in [2.45, 2.75) is 87.8 Å². The molecular weight excluding hydrogens is 645 g/mol. The Morgan fingerprint density at radius 3 is 2.20 bits per heavy atom. The number of aliphatic hydroxyl groups excluding tert-OH is 1. The van der Waals surface area contributed by atoms with Crippen LogP contribution in [0.4, 0.5) is 4.79 Å². The fourth-order valence-corrected chi connectivity index (χ4v) is 10.2. The zero-order valence-electron chi connectivity index (χ0n) is 28.5. The van der Waals surface area contributed by atoms with Crippen LogP contribution in [0.3, 0.4) is 0 Å². The molecular formula is C41H46N4O4S. The Bertz CT molecular complexity index is 1730. The molecule has 1 saturated heterocycles. The van der Waals surface area contributed by atoms with Crippen LogP contribution in [-0.2, 0) is 22.6 Å². The summed E-state index contributed by atoms with van der Waals surface area (Å²) in [6.07, 6.45) is 10.2. The highest BCUT2D eigenvalue weighted by Gasteiger charge is 2.51. The van der Waals surface area contributed by atoms with Crippen LogP contribution < -0.4 is 10.6 Å². The highest BCUT2D eigenvalue weighted by molar-refractivity contribution is 7.99. The SMILES string of the molecule is C[C@H]1[C@@H](CSc2ncccn2)O[C@@H](c2ccc(-c3cccc(CNC(=O)NC45CC6CC(CC(C6)C4)C5)c3)cc2)O[C@H]1c1ccc(CO)cc1. The highest BCUT2D eigenvalue weighted by Crippen LogP contribution is 2.55. The maximum Gasteiger partial charge on any atom is 0.315 e. The molecule has 2 amide bonds. The molecule has 8 nitrogen and oxygen atoms in total. The average molecular weight is 691 g/mol. The number of carbonyl (C=O) groups excluding carboxylic acids is 1. The van der Waals surface area contributed by atoms with Gasteiger partial charge in [-0.15, -0.1) is 0 Å². The van der Waals surface area contributed by atoms with Crippen LogP contribution in [-0.4, -0.2) is 38.5 Å². The van der Waals surface area contributed by atoms with Gasteiger partial charge in [0.15, 0.2) is 11.4 Å². The molecule has 5 aliphatic rings. The normalized spacial score (nSPS) is 29.8. The Morgan fingerprint density at radius 1 is 0.840 bits per heavy atom. The molecule has 3 N–H and O–H groups in total. The van der Waals surface area contributed by atoms with Crippen molar-refractivity contribution in [2.24, 2.45) is 23.7 Å². The van der Waals surface area contributed by atoms with Gasteiger partial charge in [-0.1, -0.05) is 85.4 Å². The van der Waals surface area contributed by atoms with Crippen molar-refractivity contribution in [1.82, 2.24) is 20.6 Å². The Labute approximate surface area is 298 Å². The minimum absolute atomic E-state index is 0.00590. The van der Waals surface area contributed by atoms with E-state index in [0.717, 1.165) is 75.6 Å². The van der Waals surface area contributed by atoms with Gasteiger partial charge in [-0.25, -0.2) is 14.8 Å². The summed E-state index contributed by atoms with van der Waals surface area (Å²) in [5.41, 5.74) is 6.13. The van der Waals surface area contributed by atoms with Crippen LogP contribution in [0, 0.1) is 23.7 Å². The zero-order valence-corrected chi connectivity index (χ0v) is 29.4. The molecule has 50 heavy (non-hydrogen) atoms. The molecule has 4 atom stereocenters. The van der Waals surface area contributed by atoms with E-state index in [1.807, 2.05) is 30.3 Å². The smallest absolute Gasteiger partial charge is 0.315 e. The number of aromatic nitrogens is 2. The molecule has 4 bridgehead atoms. The first-order chi connectivity index (χ1) is 24.4. The number of hydrogen-bond donors (Lipinski definition) is 3. The van der Waals surface area contributed by atoms with E-state index in [9.17, 15) is 9.90 Å². The molecule has 260 valence electrons. The van der Waals surface area contributed by atoms with Crippen molar-refractivity contribution in [3.8, 4) is 11.1 Å². The van der Waals surface area contributed by atoms with Gasteiger partial charge in [0, 0.05) is 41.7 Å². The second-order valence-corrected chi connectivity index (χ2v) is 16.0. The monoisotopic (exact) mass is 690 g/mol. The first-order valence-electron chi connectivity index (χ1n) is 18.1. The summed E-state index contributed by atoms with van der Waals surface area (Å²) >= 11 is 1.59. The molecule has 5 fully saturated rings. The van der Waals surface area contributed by atoms with Gasteiger partial charge in [0.25, 0.3) is 0 Å². The largest absolute Gasteiger partial charge is 0.392 e. The van der Waals surface area contributed by atoms with E-state index >= 15 is 0 Å². The predicted octanol–water partition coefficient (Wildman–Crippen LogP) is 7.99. The van der Waals surface area contributed by atoms with E-state index in [1.54, 1.807) is 24.2 Å². The fourth-order valence-electron chi connectivity index (χ4n) is 9.25. The number of amides is 2. The number of aliphatic hydroxyl groups is 1. The maximum atomic E-state index is 13.1. The summed E-state index contributed by atoms with van der Waals surface area (Å²) in [5.74, 6) is 3.16. The number of hydrogen-bond acceptors (Lipinski definition) is 7. The Kier molecular flexibility index (Phi) is 9.66. The van der Waals surface area contributed by atoms with Gasteiger partial charge in [-0.05, 0) is 96.2 Å². The lowest BCUT2D eigenvalue weighted by atomic mass is 9.53. The van der Waals surface area contributed by atoms with Gasteiger partial charge >= 0.3 is 6.03 Å². The number of urea groups is 1. The van der Waals surface area contributed by atoms with Crippen molar-refractivity contribution in [1.29, 1.82) is 0 Å². The number of benzene rings is 3. The highest BCUT2D eigenvalue weighted by atomic mass is 32.2. The van der Waals surface area contributed by atoms with Crippen molar-refractivity contribution in [2.75, 3.05) is 5.75 Å². The molecule has 0 spiro atoms. The number of nitrogens with zero attached hydrogens (tertiary/aromatic N) is 2. The van der Waals surface area contributed by atoms with Crippen LogP contribution in [0.2, 0.25) is 0 Å². The van der Waals surface area contributed by atoms with E-state index in [0.29, 0.717) is 12.3 Å². The van der Waals surface area contributed by atoms with Gasteiger partial charge in [0.05, 0.1) is 18.8 Å². The van der Waals surface area contributed by atoms with Crippen molar-refractivity contribution in [3.63, 3.8) is 0 Å². The molecule has 0 unspecified atom stereocenters. The van der Waals surface area contributed by atoms with E-state index in [1.165, 1.54) is 19.3 Å². The minimum atomic E-state index is -0.548. The van der Waals surface area contributed by atoms with Gasteiger partial charge in [0.2, 0.25) is 0 Å². The summed E-state index contributed by atoms with van der Waals surface area (Å²) in [6.45, 7) is 2.65. The maximum absolute atomic E-state index is 13.1. The van der Waals surface area contributed by atoms with Gasteiger partial charge in [-0.2, -0.15) is 0 Å². The lowest BCUT2D eigenvalue weighted by molar-refractivity contribution is -0.268. The van der Waals surface area contributed by atoms with Crippen molar-refractivity contribution < 1.29 is 19.4 Å². The summed E-state index contributed by atoms with van der Waals surface area (Å²) < 4.78 is 13.3. The standard InChI is InChI=1S/C41H46N4O4S/c1-26-36(25-50-40-42-14-3-15-43-40)48-38(49-37(26)33-8-6-27(24-46)7-9-33)34-12-10-32(11-13-34)35-5-2-4-28(19-35)23-44-39(47)45-41-20-29-16-30(21-41)18-31(17-29)22-41/h2-15,19,26,29-31,36-38,46H,16-18,20-25H2,1H3,(H2,44,45,47)/t26-,29?,30?,31?,36+,37+,38+,41?/m0/s1. The fraction of sp³-hybridized carbons (Fsp3) is 0.439. The molecule has 9 rings (SSSR count). The second kappa shape index (κ2) is 14.5. The van der Waals surface area contributed by atoms with Crippen molar-refractivity contribution in [3.05, 3.63) is 114 Å². The van der Waals surface area contributed by atoms with Crippen molar-refractivity contribution >= 4 is 17.8 Å². The molecule has 0 radical (unpaired) electrons. The molecule has 1 aliphatic heterocycles. The van der Waals surface area contributed by atoms with E-state index < -0.39 is 6.29 Å². The van der Waals surface area contributed by atoms with E-state index in [4.69, 9.17) is 9.47 Å². The first kappa shape index (κ1) is 33.4. The lowest BCUT2D eigenvalue weighted by Crippen LogP contribution is -2.61. The summed E-state index contributed by atoms with van der Waals surface area (Å²) in [6, 6.07) is 26.5. The Hall–Kier alpha value is -3.76. The number of carbonyl (C=O) groups is 1. The van der Waals surface area contributed by atoms with Crippen LogP contribution in [0.5, 0.6) is 0 Å². The third-order valence-corrected chi connectivity index (χ3v) is 12.3. The predicted molar refractivity (Wildman–Crippen MR) is 194 cm³/mol. The average Bonchev–Trinajstić information content (AvgIpc) is 3.13. The molecule has 4 aliphatic carbocycles. The summed E-state index contributed by atoms with van der Waals surface area (Å²) in [5, 5.41) is 16.9. The molecule has 9 heteroatoms.